The fourth-order valence-electron chi connectivity index (χ4n) is 4.34. The largest absolute Gasteiger partial charge is 0.494 e. The molecule has 1 aromatic carbocycles. The number of urea groups is 1. The summed E-state index contributed by atoms with van der Waals surface area (Å²) in [5, 5.41) is 9.34. The van der Waals surface area contributed by atoms with Crippen LogP contribution >= 0.6 is 23.4 Å². The number of carbonyl (C=O) groups excluding carboxylic acids is 2. The molecular weight excluding hydrogens is 509 g/mol. The third-order valence-corrected chi connectivity index (χ3v) is 7.76. The maximum absolute atomic E-state index is 14.1. The number of benzene rings is 1. The molecule has 2 aromatic heterocycles. The van der Waals surface area contributed by atoms with E-state index in [-0.39, 0.29) is 28.4 Å². The first-order chi connectivity index (χ1) is 17.3. The van der Waals surface area contributed by atoms with Crippen LogP contribution in [0.1, 0.15) is 5.56 Å². The number of ether oxygens (including phenoxy) is 1. The lowest BCUT2D eigenvalue weighted by molar-refractivity contribution is -0.119. The van der Waals surface area contributed by atoms with Crippen LogP contribution in [-0.2, 0) is 11.8 Å². The molecule has 182 valence electrons. The highest BCUT2D eigenvalue weighted by Crippen LogP contribution is 2.47. The smallest absolute Gasteiger partial charge is 0.332 e. The predicted octanol–water partition coefficient (Wildman–Crippen LogP) is 3.55. The number of hydrogen-bond donors (Lipinski definition) is 0. The van der Waals surface area contributed by atoms with Crippen LogP contribution < -0.4 is 15.2 Å². The Balaban J connectivity index is 1.62. The molecule has 0 spiro atoms. The van der Waals surface area contributed by atoms with Gasteiger partial charge in [-0.3, -0.25) is 14.6 Å². The summed E-state index contributed by atoms with van der Waals surface area (Å²) in [6.45, 7) is -0.301. The molecule has 4 heterocycles. The Bertz CT molecular complexity index is 1580. The SMILES string of the molecule is COc1cc(C2=CC3C(S2)C(=O)N(c2cncc4ccn(C)c(=O)c24)C(=O)N3CC#N)c(Cl)cc1F. The molecule has 0 radical (unpaired) electrons. The lowest BCUT2D eigenvalue weighted by atomic mass is 10.0. The molecule has 9 nitrogen and oxygen atoms in total. The number of nitriles is 1. The minimum Gasteiger partial charge on any atom is -0.494 e. The molecule has 2 aliphatic rings. The van der Waals surface area contributed by atoms with Crippen molar-refractivity contribution < 1.29 is 18.7 Å². The minimum atomic E-state index is -0.832. The van der Waals surface area contributed by atoms with E-state index in [9.17, 15) is 24.0 Å². The van der Waals surface area contributed by atoms with Crippen LogP contribution in [0.3, 0.4) is 0 Å². The number of halogens is 2. The van der Waals surface area contributed by atoms with Crippen LogP contribution in [0.25, 0.3) is 15.7 Å². The molecule has 0 saturated carbocycles. The summed E-state index contributed by atoms with van der Waals surface area (Å²) in [5.41, 5.74) is 0.0712. The lowest BCUT2D eigenvalue weighted by Crippen LogP contribution is -2.62. The van der Waals surface area contributed by atoms with Crippen molar-refractivity contribution in [3.8, 4) is 11.8 Å². The molecule has 36 heavy (non-hydrogen) atoms. The maximum atomic E-state index is 14.1. The van der Waals surface area contributed by atoms with Crippen molar-refractivity contribution in [2.75, 3.05) is 18.6 Å². The molecule has 3 aromatic rings. The van der Waals surface area contributed by atoms with Crippen molar-refractivity contribution in [1.29, 1.82) is 5.26 Å². The monoisotopic (exact) mass is 525 g/mol. The second-order valence-electron chi connectivity index (χ2n) is 8.12. The highest BCUT2D eigenvalue weighted by molar-refractivity contribution is 8.09. The van der Waals surface area contributed by atoms with E-state index in [0.29, 0.717) is 15.9 Å². The molecule has 0 bridgehead atoms. The van der Waals surface area contributed by atoms with E-state index in [0.717, 1.165) is 22.7 Å². The zero-order valence-corrected chi connectivity index (χ0v) is 20.5. The van der Waals surface area contributed by atoms with Gasteiger partial charge in [-0.1, -0.05) is 11.6 Å². The van der Waals surface area contributed by atoms with E-state index in [1.54, 1.807) is 25.4 Å². The van der Waals surface area contributed by atoms with Crippen LogP contribution in [0.5, 0.6) is 5.75 Å². The average molecular weight is 526 g/mol. The van der Waals surface area contributed by atoms with Gasteiger partial charge in [0.1, 0.15) is 11.8 Å². The fourth-order valence-corrected chi connectivity index (χ4v) is 6.01. The standard InChI is InChI=1S/C24H17ClFN5O4S/c1-29-5-3-12-10-28-11-17(20(12)22(29)32)31-23(33)21-16(30(6-4-27)24(31)34)9-19(36-21)13-7-18(35-2)15(26)8-14(13)25/h3,5,7-11,16,21H,6H2,1-2H3. The number of amides is 3. The molecule has 2 aliphatic heterocycles. The summed E-state index contributed by atoms with van der Waals surface area (Å²) in [4.78, 5) is 47.1. The van der Waals surface area contributed by atoms with E-state index < -0.39 is 34.6 Å². The van der Waals surface area contributed by atoms with Crippen LogP contribution in [0, 0.1) is 17.1 Å². The Morgan fingerprint density at radius 3 is 2.78 bits per heavy atom. The van der Waals surface area contributed by atoms with Gasteiger partial charge in [-0.05, 0) is 24.3 Å². The summed E-state index contributed by atoms with van der Waals surface area (Å²) >= 11 is 7.44. The van der Waals surface area contributed by atoms with E-state index >= 15 is 0 Å². The normalized spacial score (nSPS) is 19.4. The van der Waals surface area contributed by atoms with Gasteiger partial charge in [0, 0.05) is 35.3 Å². The van der Waals surface area contributed by atoms with Crippen molar-refractivity contribution in [2.45, 2.75) is 11.3 Å². The Kier molecular flexibility index (Phi) is 5.94. The van der Waals surface area contributed by atoms with Gasteiger partial charge >= 0.3 is 6.03 Å². The van der Waals surface area contributed by atoms with Crippen LogP contribution in [-0.4, -0.2) is 51.3 Å². The van der Waals surface area contributed by atoms with Crippen LogP contribution in [0.2, 0.25) is 5.02 Å². The first kappa shape index (κ1) is 23.8. The second-order valence-corrected chi connectivity index (χ2v) is 9.71. The van der Waals surface area contributed by atoms with Crippen molar-refractivity contribution in [3.05, 3.63) is 69.6 Å². The van der Waals surface area contributed by atoms with Gasteiger partial charge in [0.05, 0.1) is 41.5 Å². The highest BCUT2D eigenvalue weighted by Gasteiger charge is 2.50. The molecule has 12 heteroatoms. The van der Waals surface area contributed by atoms with E-state index in [2.05, 4.69) is 4.98 Å². The minimum absolute atomic E-state index is 0.0265. The Morgan fingerprint density at radius 1 is 1.28 bits per heavy atom. The predicted molar refractivity (Wildman–Crippen MR) is 133 cm³/mol. The summed E-state index contributed by atoms with van der Waals surface area (Å²) in [5.74, 6) is -1.23. The van der Waals surface area contributed by atoms with Gasteiger partial charge in [-0.15, -0.1) is 11.8 Å². The van der Waals surface area contributed by atoms with Crippen LogP contribution in [0.4, 0.5) is 14.9 Å². The number of fused-ring (bicyclic) bond motifs is 2. The molecule has 3 amide bonds. The first-order valence-electron chi connectivity index (χ1n) is 10.6. The van der Waals surface area contributed by atoms with Crippen molar-refractivity contribution >= 4 is 56.7 Å². The van der Waals surface area contributed by atoms with Gasteiger partial charge in [0.15, 0.2) is 11.6 Å². The Labute approximate surface area is 213 Å². The Hall–Kier alpha value is -3.88. The first-order valence-corrected chi connectivity index (χ1v) is 11.9. The summed E-state index contributed by atoms with van der Waals surface area (Å²) in [6, 6.07) is 4.67. The molecule has 0 aliphatic carbocycles. The van der Waals surface area contributed by atoms with Gasteiger partial charge in [0.2, 0.25) is 0 Å². The number of thioether (sulfide) groups is 1. The number of nitrogens with zero attached hydrogens (tertiary/aromatic N) is 5. The third-order valence-electron chi connectivity index (χ3n) is 6.10. The van der Waals surface area contributed by atoms with Gasteiger partial charge in [0.25, 0.3) is 11.5 Å². The number of carbonyl (C=O) groups is 2. The van der Waals surface area contributed by atoms with Crippen LogP contribution in [0.15, 0.2) is 47.7 Å². The lowest BCUT2D eigenvalue weighted by Gasteiger charge is -2.40. The van der Waals surface area contributed by atoms with Gasteiger partial charge in [-0.2, -0.15) is 5.26 Å². The van der Waals surface area contributed by atoms with Gasteiger partial charge < -0.3 is 14.2 Å². The summed E-state index contributed by atoms with van der Waals surface area (Å²) < 4.78 is 20.5. The zero-order chi connectivity index (χ0) is 25.7. The highest BCUT2D eigenvalue weighted by atomic mass is 35.5. The zero-order valence-electron chi connectivity index (χ0n) is 18.9. The van der Waals surface area contributed by atoms with E-state index in [1.807, 2.05) is 6.07 Å². The molecular formula is C24H17ClFN5O4S. The number of hydrogen-bond acceptors (Lipinski definition) is 7. The number of imide groups is 1. The number of pyridine rings is 2. The number of methoxy groups -OCH3 is 1. The second kappa shape index (κ2) is 8.96. The van der Waals surface area contributed by atoms with E-state index in [4.69, 9.17) is 16.3 Å². The molecule has 2 unspecified atom stereocenters. The summed E-state index contributed by atoms with van der Waals surface area (Å²) in [6.07, 6.45) is 6.00. The number of rotatable bonds is 4. The van der Waals surface area contributed by atoms with Crippen molar-refractivity contribution in [2.24, 2.45) is 7.05 Å². The fraction of sp³-hybridized carbons (Fsp3) is 0.208. The third kappa shape index (κ3) is 3.61. The number of anilines is 1. The molecule has 2 atom stereocenters. The molecule has 1 saturated heterocycles. The van der Waals surface area contributed by atoms with Crippen molar-refractivity contribution in [1.82, 2.24) is 14.5 Å². The maximum Gasteiger partial charge on any atom is 0.332 e. The molecule has 1 fully saturated rings. The summed E-state index contributed by atoms with van der Waals surface area (Å²) in [7, 11) is 2.89. The Morgan fingerprint density at radius 2 is 2.06 bits per heavy atom. The van der Waals surface area contributed by atoms with Gasteiger partial charge in [-0.25, -0.2) is 14.1 Å². The molecule has 5 rings (SSSR count). The number of aromatic nitrogens is 2. The topological polar surface area (TPSA) is 109 Å². The molecule has 0 N–H and O–H groups in total. The average Bonchev–Trinajstić information content (AvgIpc) is 3.30. The quantitative estimate of drug-likeness (QED) is 0.479. The van der Waals surface area contributed by atoms with Crippen molar-refractivity contribution in [3.63, 3.8) is 0 Å². The number of aryl methyl sites for hydroxylation is 1. The van der Waals surface area contributed by atoms with E-state index in [1.165, 1.54) is 35.0 Å².